The molecule has 2 aliphatic heterocycles. The highest BCUT2D eigenvalue weighted by Gasteiger charge is 2.24. The van der Waals surface area contributed by atoms with E-state index in [4.69, 9.17) is 9.47 Å². The molecule has 21 heavy (non-hydrogen) atoms. The Morgan fingerprint density at radius 1 is 1.33 bits per heavy atom. The third-order valence-corrected chi connectivity index (χ3v) is 4.64. The highest BCUT2D eigenvalue weighted by atomic mass is 16.5. The van der Waals surface area contributed by atoms with E-state index in [1.165, 1.54) is 38.8 Å². The Kier molecular flexibility index (Phi) is 5.09. The van der Waals surface area contributed by atoms with E-state index in [1.54, 1.807) is 6.20 Å². The summed E-state index contributed by atoms with van der Waals surface area (Å²) < 4.78 is 11.7. The standard InChI is InChI=1S/C17H26N2O2/c1-14-11-18-7-4-17(14)21-13-15-5-8-19(9-6-15)12-16-3-2-10-20-16/h4,7,11,15-16H,2-3,5-6,8-10,12-13H2,1H3. The van der Waals surface area contributed by atoms with Crippen molar-refractivity contribution in [1.29, 1.82) is 0 Å². The lowest BCUT2D eigenvalue weighted by Gasteiger charge is -2.33. The molecule has 0 aromatic carbocycles. The minimum atomic E-state index is 0.484. The lowest BCUT2D eigenvalue weighted by Crippen LogP contribution is -2.39. The van der Waals surface area contributed by atoms with Gasteiger partial charge in [0.2, 0.25) is 0 Å². The smallest absolute Gasteiger partial charge is 0.125 e. The van der Waals surface area contributed by atoms with E-state index in [9.17, 15) is 0 Å². The van der Waals surface area contributed by atoms with Gasteiger partial charge in [-0.05, 0) is 57.7 Å². The lowest BCUT2D eigenvalue weighted by molar-refractivity contribution is 0.0548. The summed E-state index contributed by atoms with van der Waals surface area (Å²) in [5.41, 5.74) is 1.12. The quantitative estimate of drug-likeness (QED) is 0.835. The van der Waals surface area contributed by atoms with Gasteiger partial charge in [0, 0.05) is 31.1 Å². The Labute approximate surface area is 127 Å². The maximum absolute atomic E-state index is 5.96. The van der Waals surface area contributed by atoms with Gasteiger partial charge >= 0.3 is 0 Å². The largest absolute Gasteiger partial charge is 0.493 e. The van der Waals surface area contributed by atoms with E-state index in [0.29, 0.717) is 12.0 Å². The van der Waals surface area contributed by atoms with Crippen LogP contribution < -0.4 is 4.74 Å². The fourth-order valence-corrected chi connectivity index (χ4v) is 3.24. The van der Waals surface area contributed by atoms with Crippen LogP contribution in [0.15, 0.2) is 18.5 Å². The van der Waals surface area contributed by atoms with Crippen LogP contribution in [-0.4, -0.2) is 48.8 Å². The topological polar surface area (TPSA) is 34.6 Å². The van der Waals surface area contributed by atoms with Gasteiger partial charge in [-0.1, -0.05) is 0 Å². The van der Waals surface area contributed by atoms with Crippen LogP contribution in [0.5, 0.6) is 5.75 Å². The number of hydrogen-bond acceptors (Lipinski definition) is 4. The third kappa shape index (κ3) is 4.17. The Morgan fingerprint density at radius 2 is 2.19 bits per heavy atom. The third-order valence-electron chi connectivity index (χ3n) is 4.64. The molecule has 3 heterocycles. The van der Waals surface area contributed by atoms with Crippen LogP contribution in [0.2, 0.25) is 0 Å². The summed E-state index contributed by atoms with van der Waals surface area (Å²) in [5.74, 6) is 1.66. The normalized spacial score (nSPS) is 24.3. The molecular formula is C17H26N2O2. The molecule has 0 radical (unpaired) electrons. The molecule has 0 spiro atoms. The molecule has 1 aromatic rings. The summed E-state index contributed by atoms with van der Waals surface area (Å²) in [4.78, 5) is 6.66. The summed E-state index contributed by atoms with van der Waals surface area (Å²) in [7, 11) is 0. The van der Waals surface area contributed by atoms with Gasteiger partial charge in [0.15, 0.2) is 0 Å². The minimum Gasteiger partial charge on any atom is -0.493 e. The second-order valence-electron chi connectivity index (χ2n) is 6.33. The summed E-state index contributed by atoms with van der Waals surface area (Å²) >= 11 is 0. The van der Waals surface area contributed by atoms with Gasteiger partial charge in [-0.15, -0.1) is 0 Å². The second kappa shape index (κ2) is 7.23. The molecular weight excluding hydrogens is 264 g/mol. The Morgan fingerprint density at radius 3 is 2.90 bits per heavy atom. The zero-order valence-corrected chi connectivity index (χ0v) is 13.0. The molecule has 2 fully saturated rings. The van der Waals surface area contributed by atoms with E-state index in [2.05, 4.69) is 9.88 Å². The molecule has 2 saturated heterocycles. The molecule has 1 unspecified atom stereocenters. The van der Waals surface area contributed by atoms with Gasteiger partial charge in [0.05, 0.1) is 12.7 Å². The first kappa shape index (κ1) is 14.8. The van der Waals surface area contributed by atoms with Gasteiger partial charge in [0.1, 0.15) is 5.75 Å². The SMILES string of the molecule is Cc1cnccc1OCC1CCN(CC2CCCO2)CC1. The van der Waals surface area contributed by atoms with E-state index in [-0.39, 0.29) is 0 Å². The fraction of sp³-hybridized carbons (Fsp3) is 0.706. The first-order chi connectivity index (χ1) is 10.3. The first-order valence-electron chi connectivity index (χ1n) is 8.18. The predicted molar refractivity (Wildman–Crippen MR) is 82.6 cm³/mol. The maximum atomic E-state index is 5.96. The molecule has 3 rings (SSSR count). The average molecular weight is 290 g/mol. The zero-order valence-electron chi connectivity index (χ0n) is 13.0. The summed E-state index contributed by atoms with van der Waals surface area (Å²) in [6, 6.07) is 1.96. The van der Waals surface area contributed by atoms with Crippen LogP contribution in [-0.2, 0) is 4.74 Å². The van der Waals surface area contributed by atoms with E-state index in [1.807, 2.05) is 19.2 Å². The molecule has 4 heteroatoms. The van der Waals surface area contributed by atoms with Crippen molar-refractivity contribution in [2.45, 2.75) is 38.7 Å². The summed E-state index contributed by atoms with van der Waals surface area (Å²) in [6.07, 6.45) is 9.09. The van der Waals surface area contributed by atoms with E-state index >= 15 is 0 Å². The number of pyridine rings is 1. The van der Waals surface area contributed by atoms with Crippen LogP contribution in [0.25, 0.3) is 0 Å². The predicted octanol–water partition coefficient (Wildman–Crippen LogP) is 2.66. The number of aromatic nitrogens is 1. The van der Waals surface area contributed by atoms with Gasteiger partial charge in [-0.2, -0.15) is 0 Å². The lowest BCUT2D eigenvalue weighted by atomic mass is 9.97. The minimum absolute atomic E-state index is 0.484. The van der Waals surface area contributed by atoms with Crippen LogP contribution in [0.1, 0.15) is 31.2 Å². The van der Waals surface area contributed by atoms with Crippen molar-refractivity contribution >= 4 is 0 Å². The number of aryl methyl sites for hydroxylation is 1. The molecule has 1 atom stereocenters. The maximum Gasteiger partial charge on any atom is 0.125 e. The monoisotopic (exact) mass is 290 g/mol. The van der Waals surface area contributed by atoms with Gasteiger partial charge in [-0.25, -0.2) is 0 Å². The Hall–Kier alpha value is -1.13. The second-order valence-corrected chi connectivity index (χ2v) is 6.33. The molecule has 1 aromatic heterocycles. The zero-order chi connectivity index (χ0) is 14.5. The van der Waals surface area contributed by atoms with Gasteiger partial charge < -0.3 is 14.4 Å². The molecule has 116 valence electrons. The van der Waals surface area contributed by atoms with Crippen molar-refractivity contribution < 1.29 is 9.47 Å². The molecule has 4 nitrogen and oxygen atoms in total. The molecule has 2 aliphatic rings. The highest BCUT2D eigenvalue weighted by Crippen LogP contribution is 2.22. The van der Waals surface area contributed by atoms with Crippen molar-refractivity contribution in [2.24, 2.45) is 5.92 Å². The number of hydrogen-bond donors (Lipinski definition) is 0. The molecule has 0 N–H and O–H groups in total. The Bertz CT molecular complexity index is 438. The number of piperidine rings is 1. The van der Waals surface area contributed by atoms with Gasteiger partial charge in [0.25, 0.3) is 0 Å². The first-order valence-corrected chi connectivity index (χ1v) is 8.18. The number of nitrogens with zero attached hydrogens (tertiary/aromatic N) is 2. The van der Waals surface area contributed by atoms with Crippen molar-refractivity contribution in [3.8, 4) is 5.75 Å². The van der Waals surface area contributed by atoms with Crippen LogP contribution in [0.4, 0.5) is 0 Å². The van der Waals surface area contributed by atoms with Crippen molar-refractivity contribution in [2.75, 3.05) is 32.8 Å². The fourth-order valence-electron chi connectivity index (χ4n) is 3.24. The Balaban J connectivity index is 1.38. The molecule has 0 aliphatic carbocycles. The molecule has 0 saturated carbocycles. The van der Waals surface area contributed by atoms with Crippen molar-refractivity contribution in [3.63, 3.8) is 0 Å². The molecule has 0 bridgehead atoms. The summed E-state index contributed by atoms with van der Waals surface area (Å²) in [5, 5.41) is 0. The highest BCUT2D eigenvalue weighted by molar-refractivity contribution is 5.28. The van der Waals surface area contributed by atoms with Crippen LogP contribution >= 0.6 is 0 Å². The van der Waals surface area contributed by atoms with Crippen LogP contribution in [0.3, 0.4) is 0 Å². The number of ether oxygens (including phenoxy) is 2. The average Bonchev–Trinajstić information content (AvgIpc) is 3.01. The van der Waals surface area contributed by atoms with E-state index < -0.39 is 0 Å². The summed E-state index contributed by atoms with van der Waals surface area (Å²) in [6.45, 7) is 7.33. The molecule has 0 amide bonds. The van der Waals surface area contributed by atoms with Gasteiger partial charge in [-0.3, -0.25) is 4.98 Å². The van der Waals surface area contributed by atoms with Crippen molar-refractivity contribution in [3.05, 3.63) is 24.0 Å². The number of likely N-dealkylation sites (tertiary alicyclic amines) is 1. The van der Waals surface area contributed by atoms with Crippen molar-refractivity contribution in [1.82, 2.24) is 9.88 Å². The number of rotatable bonds is 5. The van der Waals surface area contributed by atoms with E-state index in [0.717, 1.165) is 31.1 Å². The van der Waals surface area contributed by atoms with Crippen LogP contribution in [0, 0.1) is 12.8 Å².